The summed E-state index contributed by atoms with van der Waals surface area (Å²) in [7, 11) is -3.72. The Labute approximate surface area is 164 Å². The van der Waals surface area contributed by atoms with Crippen molar-refractivity contribution in [1.29, 1.82) is 0 Å². The number of ether oxygens (including phenoxy) is 1. The van der Waals surface area contributed by atoms with E-state index in [1.807, 2.05) is 13.8 Å². The summed E-state index contributed by atoms with van der Waals surface area (Å²) in [6.45, 7) is 5.42. The lowest BCUT2D eigenvalue weighted by Gasteiger charge is -2.16. The van der Waals surface area contributed by atoms with E-state index in [2.05, 4.69) is 5.32 Å². The number of benzene rings is 2. The van der Waals surface area contributed by atoms with Crippen LogP contribution in [0.3, 0.4) is 0 Å². The minimum Gasteiger partial charge on any atom is -0.491 e. The maximum atomic E-state index is 12.6. The molecule has 1 heterocycles. The molecule has 1 N–H and O–H groups in total. The van der Waals surface area contributed by atoms with Crippen LogP contribution in [0.4, 0.5) is 11.4 Å². The van der Waals surface area contributed by atoms with Crippen LogP contribution >= 0.6 is 0 Å². The molecular weight excluding hydrogens is 380 g/mol. The Morgan fingerprint density at radius 2 is 1.86 bits per heavy atom. The molecule has 1 fully saturated rings. The van der Waals surface area contributed by atoms with E-state index in [1.165, 1.54) is 12.1 Å². The van der Waals surface area contributed by atoms with E-state index in [0.717, 1.165) is 4.31 Å². The zero-order valence-corrected chi connectivity index (χ0v) is 16.7. The van der Waals surface area contributed by atoms with Crippen molar-refractivity contribution in [1.82, 2.24) is 0 Å². The molecule has 0 saturated carbocycles. The van der Waals surface area contributed by atoms with Gasteiger partial charge < -0.3 is 10.1 Å². The van der Waals surface area contributed by atoms with E-state index < -0.39 is 27.8 Å². The molecule has 0 radical (unpaired) electrons. The molecular formula is C20H22N2O5S. The standard InChI is InChI=1S/C20H22N2O5S/c1-13(2)27-18-9-7-16(8-10-18)21-19(23)15-5-4-6-17(11-15)22-20(24)14(3)12-28(22,25)26/h4-11,13-14H,12H2,1-3H3,(H,21,23). The van der Waals surface area contributed by atoms with Gasteiger partial charge in [0.2, 0.25) is 15.9 Å². The van der Waals surface area contributed by atoms with Crippen LogP contribution in [-0.4, -0.2) is 32.1 Å². The van der Waals surface area contributed by atoms with Gasteiger partial charge in [-0.25, -0.2) is 12.7 Å². The Morgan fingerprint density at radius 1 is 1.18 bits per heavy atom. The normalized spacial score (nSPS) is 18.4. The number of carbonyl (C=O) groups is 2. The van der Waals surface area contributed by atoms with E-state index >= 15 is 0 Å². The predicted octanol–water partition coefficient (Wildman–Crippen LogP) is 3.04. The maximum Gasteiger partial charge on any atom is 0.255 e. The Bertz CT molecular complexity index is 1000. The van der Waals surface area contributed by atoms with Crippen molar-refractivity contribution in [2.75, 3.05) is 15.4 Å². The number of carbonyl (C=O) groups excluding carboxylic acids is 2. The van der Waals surface area contributed by atoms with Crippen molar-refractivity contribution >= 4 is 33.2 Å². The quantitative estimate of drug-likeness (QED) is 0.830. The number of amides is 2. The first-order valence-corrected chi connectivity index (χ1v) is 10.5. The minimum atomic E-state index is -3.72. The molecule has 1 unspecified atom stereocenters. The average molecular weight is 402 g/mol. The highest BCUT2D eigenvalue weighted by Crippen LogP contribution is 2.29. The molecule has 1 aliphatic heterocycles. The molecule has 148 valence electrons. The summed E-state index contributed by atoms with van der Waals surface area (Å²) in [6.07, 6.45) is 0.0514. The fourth-order valence-electron chi connectivity index (χ4n) is 2.95. The van der Waals surface area contributed by atoms with Crippen LogP contribution in [0.2, 0.25) is 0 Å². The fraction of sp³-hybridized carbons (Fsp3) is 0.300. The van der Waals surface area contributed by atoms with Crippen molar-refractivity contribution in [3.05, 3.63) is 54.1 Å². The van der Waals surface area contributed by atoms with Crippen LogP contribution in [0.15, 0.2) is 48.5 Å². The van der Waals surface area contributed by atoms with Crippen LogP contribution < -0.4 is 14.4 Å². The molecule has 0 aliphatic carbocycles. The van der Waals surface area contributed by atoms with E-state index in [1.54, 1.807) is 43.3 Å². The van der Waals surface area contributed by atoms with Gasteiger partial charge in [0.05, 0.1) is 23.5 Å². The van der Waals surface area contributed by atoms with Crippen LogP contribution in [0.1, 0.15) is 31.1 Å². The highest BCUT2D eigenvalue weighted by atomic mass is 32.2. The highest BCUT2D eigenvalue weighted by molar-refractivity contribution is 7.94. The van der Waals surface area contributed by atoms with Gasteiger partial charge in [-0.15, -0.1) is 0 Å². The Balaban J connectivity index is 1.78. The maximum absolute atomic E-state index is 12.6. The molecule has 2 aromatic carbocycles. The van der Waals surface area contributed by atoms with Gasteiger partial charge in [-0.1, -0.05) is 13.0 Å². The Hall–Kier alpha value is -2.87. The summed E-state index contributed by atoms with van der Waals surface area (Å²) in [6, 6.07) is 13.0. The number of hydrogen-bond acceptors (Lipinski definition) is 5. The molecule has 7 nitrogen and oxygen atoms in total. The third kappa shape index (κ3) is 4.17. The van der Waals surface area contributed by atoms with Gasteiger partial charge in [0.15, 0.2) is 0 Å². The second-order valence-electron chi connectivity index (χ2n) is 6.98. The molecule has 0 bridgehead atoms. The van der Waals surface area contributed by atoms with Gasteiger partial charge >= 0.3 is 0 Å². The van der Waals surface area contributed by atoms with Gasteiger partial charge in [-0.05, 0) is 56.3 Å². The number of nitrogens with one attached hydrogen (secondary N) is 1. The number of hydrogen-bond donors (Lipinski definition) is 1. The first-order valence-electron chi connectivity index (χ1n) is 8.92. The van der Waals surface area contributed by atoms with Crippen molar-refractivity contribution in [3.63, 3.8) is 0 Å². The van der Waals surface area contributed by atoms with Crippen molar-refractivity contribution in [2.45, 2.75) is 26.9 Å². The van der Waals surface area contributed by atoms with Gasteiger partial charge in [0.1, 0.15) is 5.75 Å². The first kappa shape index (κ1) is 19.9. The van der Waals surface area contributed by atoms with Gasteiger partial charge in [0, 0.05) is 11.3 Å². The van der Waals surface area contributed by atoms with E-state index in [0.29, 0.717) is 11.4 Å². The van der Waals surface area contributed by atoms with E-state index in [9.17, 15) is 18.0 Å². The molecule has 1 saturated heterocycles. The van der Waals surface area contributed by atoms with Crippen molar-refractivity contribution < 1.29 is 22.7 Å². The lowest BCUT2D eigenvalue weighted by Crippen LogP contribution is -2.30. The number of rotatable bonds is 5. The van der Waals surface area contributed by atoms with E-state index in [4.69, 9.17) is 4.74 Å². The summed E-state index contributed by atoms with van der Waals surface area (Å²) >= 11 is 0. The summed E-state index contributed by atoms with van der Waals surface area (Å²) < 4.78 is 30.9. The zero-order valence-electron chi connectivity index (χ0n) is 15.9. The third-order valence-electron chi connectivity index (χ3n) is 4.19. The van der Waals surface area contributed by atoms with Crippen LogP contribution in [-0.2, 0) is 14.8 Å². The Kier molecular flexibility index (Phi) is 5.42. The monoisotopic (exact) mass is 402 g/mol. The van der Waals surface area contributed by atoms with Crippen LogP contribution in [0, 0.1) is 5.92 Å². The molecule has 1 atom stereocenters. The van der Waals surface area contributed by atoms with Gasteiger partial charge in [0.25, 0.3) is 5.91 Å². The number of nitrogens with zero attached hydrogens (tertiary/aromatic N) is 1. The molecule has 2 amide bonds. The summed E-state index contributed by atoms with van der Waals surface area (Å²) in [4.78, 5) is 24.8. The van der Waals surface area contributed by atoms with Gasteiger partial charge in [-0.3, -0.25) is 9.59 Å². The summed E-state index contributed by atoms with van der Waals surface area (Å²) in [5.41, 5.74) is 0.996. The van der Waals surface area contributed by atoms with Gasteiger partial charge in [-0.2, -0.15) is 0 Å². The molecule has 0 aromatic heterocycles. The number of sulfonamides is 1. The molecule has 8 heteroatoms. The largest absolute Gasteiger partial charge is 0.491 e. The third-order valence-corrected chi connectivity index (χ3v) is 6.06. The van der Waals surface area contributed by atoms with E-state index in [-0.39, 0.29) is 23.1 Å². The van der Waals surface area contributed by atoms with Crippen LogP contribution in [0.5, 0.6) is 5.75 Å². The molecule has 0 spiro atoms. The topological polar surface area (TPSA) is 92.8 Å². The summed E-state index contributed by atoms with van der Waals surface area (Å²) in [5, 5.41) is 2.75. The average Bonchev–Trinajstić information content (AvgIpc) is 2.83. The SMILES string of the molecule is CC(C)Oc1ccc(NC(=O)c2cccc(N3C(=O)C(C)CS3(=O)=O)c2)cc1. The molecule has 2 aromatic rings. The lowest BCUT2D eigenvalue weighted by atomic mass is 10.1. The first-order chi connectivity index (χ1) is 13.2. The second-order valence-corrected chi connectivity index (χ2v) is 8.84. The highest BCUT2D eigenvalue weighted by Gasteiger charge is 2.42. The second kappa shape index (κ2) is 7.63. The van der Waals surface area contributed by atoms with Crippen LogP contribution in [0.25, 0.3) is 0 Å². The molecule has 28 heavy (non-hydrogen) atoms. The Morgan fingerprint density at radius 3 is 2.43 bits per heavy atom. The number of anilines is 2. The van der Waals surface area contributed by atoms with Crippen molar-refractivity contribution in [3.8, 4) is 5.75 Å². The summed E-state index contributed by atoms with van der Waals surface area (Å²) in [5.74, 6) is -1.03. The molecule has 3 rings (SSSR count). The fourth-order valence-corrected chi connectivity index (χ4v) is 4.76. The zero-order chi connectivity index (χ0) is 20.5. The lowest BCUT2D eigenvalue weighted by molar-refractivity contribution is -0.119. The minimum absolute atomic E-state index is 0.0514. The predicted molar refractivity (Wildman–Crippen MR) is 107 cm³/mol. The van der Waals surface area contributed by atoms with Crippen molar-refractivity contribution in [2.24, 2.45) is 5.92 Å². The molecule has 1 aliphatic rings. The smallest absolute Gasteiger partial charge is 0.255 e.